The van der Waals surface area contributed by atoms with Gasteiger partial charge >= 0.3 is 0 Å². The van der Waals surface area contributed by atoms with Crippen molar-refractivity contribution in [1.29, 1.82) is 0 Å². The molecule has 0 bridgehead atoms. The van der Waals surface area contributed by atoms with Crippen LogP contribution in [0.15, 0.2) is 59.5 Å². The third kappa shape index (κ3) is 4.01. The van der Waals surface area contributed by atoms with Crippen molar-refractivity contribution in [3.63, 3.8) is 0 Å². The first-order valence-electron chi connectivity index (χ1n) is 8.71. The molecular formula is C21H22N2O4. The summed E-state index contributed by atoms with van der Waals surface area (Å²) in [4.78, 5) is 25.7. The van der Waals surface area contributed by atoms with E-state index in [2.05, 4.69) is 5.32 Å². The van der Waals surface area contributed by atoms with E-state index in [1.54, 1.807) is 62.9 Å². The van der Waals surface area contributed by atoms with Crippen LogP contribution in [0.25, 0.3) is 16.5 Å². The second-order valence-corrected chi connectivity index (χ2v) is 6.06. The van der Waals surface area contributed by atoms with Crippen molar-refractivity contribution in [3.05, 3.63) is 70.6 Å². The second-order valence-electron chi connectivity index (χ2n) is 6.06. The first-order valence-corrected chi connectivity index (χ1v) is 8.71. The maximum Gasteiger partial charge on any atom is 0.262 e. The maximum atomic E-state index is 12.9. The van der Waals surface area contributed by atoms with Crippen LogP contribution in [0.5, 0.6) is 5.75 Å². The zero-order valence-corrected chi connectivity index (χ0v) is 15.4. The number of methoxy groups -OCH3 is 2. The maximum absolute atomic E-state index is 12.9. The molecule has 0 aliphatic heterocycles. The lowest BCUT2D eigenvalue weighted by Gasteiger charge is -2.13. The fraction of sp³-hybridized carbons (Fsp3) is 0.238. The van der Waals surface area contributed by atoms with Gasteiger partial charge in [0, 0.05) is 42.9 Å². The first kappa shape index (κ1) is 18.7. The number of hydrogen-bond donors (Lipinski definition) is 1. The van der Waals surface area contributed by atoms with Gasteiger partial charge in [-0.15, -0.1) is 0 Å². The zero-order valence-electron chi connectivity index (χ0n) is 15.4. The van der Waals surface area contributed by atoms with Crippen molar-refractivity contribution >= 4 is 16.7 Å². The number of fused-ring (bicyclic) bond motifs is 1. The smallest absolute Gasteiger partial charge is 0.262 e. The third-order valence-corrected chi connectivity index (χ3v) is 4.33. The number of nitrogens with one attached hydrogen (secondary N) is 1. The van der Waals surface area contributed by atoms with Crippen LogP contribution in [0, 0.1) is 0 Å². The largest absolute Gasteiger partial charge is 0.497 e. The molecule has 0 fully saturated rings. The molecule has 27 heavy (non-hydrogen) atoms. The summed E-state index contributed by atoms with van der Waals surface area (Å²) in [5.41, 5.74) is 0.949. The van der Waals surface area contributed by atoms with Gasteiger partial charge in [0.2, 0.25) is 0 Å². The molecule has 0 aliphatic carbocycles. The summed E-state index contributed by atoms with van der Waals surface area (Å²) in [6.07, 6.45) is 2.32. The van der Waals surface area contributed by atoms with E-state index in [-0.39, 0.29) is 11.5 Å². The highest BCUT2D eigenvalue weighted by molar-refractivity contribution is 6.06. The Morgan fingerprint density at radius 2 is 1.74 bits per heavy atom. The normalized spacial score (nSPS) is 10.7. The highest BCUT2D eigenvalue weighted by Gasteiger charge is 2.15. The first-order chi connectivity index (χ1) is 13.2. The number of carbonyl (C=O) groups excluding carboxylic acids is 1. The minimum absolute atomic E-state index is 0.174. The number of hydrogen-bond acceptors (Lipinski definition) is 4. The minimum atomic E-state index is -0.218. The third-order valence-electron chi connectivity index (χ3n) is 4.33. The predicted octanol–water partition coefficient (Wildman–Crippen LogP) is 2.77. The fourth-order valence-corrected chi connectivity index (χ4v) is 2.92. The molecule has 0 unspecified atom stereocenters. The molecule has 0 atom stereocenters. The Hall–Kier alpha value is -3.12. The molecule has 1 amide bonds. The summed E-state index contributed by atoms with van der Waals surface area (Å²) in [6.45, 7) is 1.08. The Balaban J connectivity index is 2.05. The Morgan fingerprint density at radius 3 is 2.41 bits per heavy atom. The number of nitrogens with zero attached hydrogens (tertiary/aromatic N) is 1. The number of benzene rings is 2. The summed E-state index contributed by atoms with van der Waals surface area (Å²) in [5.74, 6) is 0.480. The van der Waals surface area contributed by atoms with E-state index in [9.17, 15) is 9.59 Å². The number of amides is 1. The van der Waals surface area contributed by atoms with E-state index in [0.29, 0.717) is 40.9 Å². The van der Waals surface area contributed by atoms with Crippen molar-refractivity contribution in [2.24, 2.45) is 0 Å². The van der Waals surface area contributed by atoms with Gasteiger partial charge in [0.1, 0.15) is 5.75 Å². The Labute approximate surface area is 157 Å². The number of pyridine rings is 1. The lowest BCUT2D eigenvalue weighted by molar-refractivity contribution is 0.0949. The van der Waals surface area contributed by atoms with E-state index in [4.69, 9.17) is 9.47 Å². The molecular weight excluding hydrogens is 344 g/mol. The summed E-state index contributed by atoms with van der Waals surface area (Å²) in [6, 6.07) is 14.3. The van der Waals surface area contributed by atoms with Crippen molar-refractivity contribution in [2.75, 3.05) is 27.4 Å². The molecule has 6 nitrogen and oxygen atoms in total. The molecule has 0 aliphatic rings. The number of aromatic nitrogens is 1. The average Bonchev–Trinajstić information content (AvgIpc) is 2.72. The Morgan fingerprint density at radius 1 is 1.04 bits per heavy atom. The average molecular weight is 366 g/mol. The van der Waals surface area contributed by atoms with Crippen molar-refractivity contribution in [1.82, 2.24) is 9.88 Å². The monoisotopic (exact) mass is 366 g/mol. The topological polar surface area (TPSA) is 69.6 Å². The number of rotatable bonds is 7. The molecule has 0 saturated heterocycles. The van der Waals surface area contributed by atoms with Crippen molar-refractivity contribution in [3.8, 4) is 11.4 Å². The van der Waals surface area contributed by atoms with Crippen LogP contribution < -0.4 is 15.6 Å². The lowest BCUT2D eigenvalue weighted by Crippen LogP contribution is -2.28. The second kappa shape index (κ2) is 8.51. The molecule has 140 valence electrons. The van der Waals surface area contributed by atoms with Crippen LogP contribution in [-0.4, -0.2) is 37.8 Å². The molecule has 1 heterocycles. The minimum Gasteiger partial charge on any atom is -0.497 e. The van der Waals surface area contributed by atoms with E-state index in [1.807, 2.05) is 6.07 Å². The Bertz CT molecular complexity index is 993. The van der Waals surface area contributed by atoms with Crippen molar-refractivity contribution in [2.45, 2.75) is 6.42 Å². The molecule has 3 aromatic rings. The highest BCUT2D eigenvalue weighted by Crippen LogP contribution is 2.19. The fourth-order valence-electron chi connectivity index (χ4n) is 2.92. The molecule has 6 heteroatoms. The van der Waals surface area contributed by atoms with Crippen molar-refractivity contribution < 1.29 is 14.3 Å². The van der Waals surface area contributed by atoms with E-state index >= 15 is 0 Å². The van der Waals surface area contributed by atoms with Crippen LogP contribution >= 0.6 is 0 Å². The highest BCUT2D eigenvalue weighted by atomic mass is 16.5. The molecule has 0 spiro atoms. The van der Waals surface area contributed by atoms with E-state index < -0.39 is 0 Å². The van der Waals surface area contributed by atoms with Gasteiger partial charge in [-0.2, -0.15) is 0 Å². The van der Waals surface area contributed by atoms with Crippen LogP contribution in [0.3, 0.4) is 0 Å². The van der Waals surface area contributed by atoms with Gasteiger partial charge < -0.3 is 14.8 Å². The summed E-state index contributed by atoms with van der Waals surface area (Å²) < 4.78 is 11.7. The summed E-state index contributed by atoms with van der Waals surface area (Å²) in [5, 5.41) is 4.02. The van der Waals surface area contributed by atoms with Gasteiger partial charge in [-0.25, -0.2) is 0 Å². The SMILES string of the molecule is COCCCNC(=O)c1cn(-c2ccc(OC)cc2)c(=O)c2ccccc12. The summed E-state index contributed by atoms with van der Waals surface area (Å²) in [7, 11) is 3.21. The molecule has 0 saturated carbocycles. The zero-order chi connectivity index (χ0) is 19.2. The molecule has 2 aromatic carbocycles. The lowest BCUT2D eigenvalue weighted by atomic mass is 10.1. The van der Waals surface area contributed by atoms with Gasteiger partial charge in [0.25, 0.3) is 11.5 Å². The van der Waals surface area contributed by atoms with Crippen LogP contribution in [0.1, 0.15) is 16.8 Å². The quantitative estimate of drug-likeness (QED) is 0.653. The molecule has 0 radical (unpaired) electrons. The van der Waals surface area contributed by atoms with Gasteiger partial charge in [-0.3, -0.25) is 14.2 Å². The molecule has 1 aromatic heterocycles. The van der Waals surface area contributed by atoms with Gasteiger partial charge in [0.05, 0.1) is 12.7 Å². The number of carbonyl (C=O) groups is 1. The Kier molecular flexibility index (Phi) is 5.88. The van der Waals surface area contributed by atoms with Gasteiger partial charge in [-0.1, -0.05) is 18.2 Å². The van der Waals surface area contributed by atoms with Crippen LogP contribution in [0.2, 0.25) is 0 Å². The van der Waals surface area contributed by atoms with Gasteiger partial charge in [0.15, 0.2) is 0 Å². The van der Waals surface area contributed by atoms with E-state index in [0.717, 1.165) is 6.42 Å². The summed E-state index contributed by atoms with van der Waals surface area (Å²) >= 11 is 0. The van der Waals surface area contributed by atoms with Crippen LogP contribution in [-0.2, 0) is 4.74 Å². The van der Waals surface area contributed by atoms with E-state index in [1.165, 1.54) is 4.57 Å². The number of ether oxygens (including phenoxy) is 2. The van der Waals surface area contributed by atoms with Crippen LogP contribution in [0.4, 0.5) is 0 Å². The molecule has 1 N–H and O–H groups in total. The predicted molar refractivity (Wildman–Crippen MR) is 105 cm³/mol. The van der Waals surface area contributed by atoms with Gasteiger partial charge in [-0.05, 0) is 36.8 Å². The standard InChI is InChI=1S/C21H22N2O4/c1-26-13-5-12-22-20(24)19-14-23(15-8-10-16(27-2)11-9-15)21(25)18-7-4-3-6-17(18)19/h3-4,6-11,14H,5,12-13H2,1-2H3,(H,22,24). The molecule has 3 rings (SSSR count).